The molecule has 0 aliphatic heterocycles. The third kappa shape index (κ3) is 2.83. The van der Waals surface area contributed by atoms with Crippen LogP contribution in [0, 0.1) is 10.5 Å². The van der Waals surface area contributed by atoms with Gasteiger partial charge >= 0.3 is 0 Å². The first-order chi connectivity index (χ1) is 9.54. The normalized spacial score (nSPS) is 14.3. The zero-order valence-corrected chi connectivity index (χ0v) is 13.9. The third-order valence-corrected chi connectivity index (χ3v) is 4.46. The van der Waals surface area contributed by atoms with Crippen LogP contribution in [0.5, 0.6) is 0 Å². The van der Waals surface area contributed by atoms with Gasteiger partial charge in [0.05, 0.1) is 5.69 Å². The second-order valence-corrected chi connectivity index (χ2v) is 6.56. The molecule has 0 atom stereocenters. The highest BCUT2D eigenvalue weighted by Gasteiger charge is 2.28. The maximum absolute atomic E-state index is 5.99. The monoisotopic (exact) mass is 400 g/mol. The summed E-state index contributed by atoms with van der Waals surface area (Å²) in [6.07, 6.45) is 2.31. The highest BCUT2D eigenvalue weighted by Crippen LogP contribution is 2.39. The number of benzene rings is 1. The number of hydrogen-bond acceptors (Lipinski definition) is 4. The summed E-state index contributed by atoms with van der Waals surface area (Å²) in [7, 11) is 0. The van der Waals surface area contributed by atoms with Crippen molar-refractivity contribution in [1.29, 1.82) is 0 Å². The summed E-state index contributed by atoms with van der Waals surface area (Å²) in [5.41, 5.74) is 7.83. The maximum Gasteiger partial charge on any atom is 0.139 e. The second-order valence-electron chi connectivity index (χ2n) is 4.96. The molecular weight excluding hydrogens is 387 g/mol. The number of nitrogens with zero attached hydrogens (tertiary/aromatic N) is 2. The fourth-order valence-corrected chi connectivity index (χ4v) is 2.92. The van der Waals surface area contributed by atoms with Crippen molar-refractivity contribution in [1.82, 2.24) is 9.97 Å². The molecule has 1 saturated carbocycles. The van der Waals surface area contributed by atoms with E-state index in [9.17, 15) is 0 Å². The van der Waals surface area contributed by atoms with Crippen molar-refractivity contribution in [3.05, 3.63) is 38.2 Å². The number of hydrogen-bond donors (Lipinski definition) is 2. The molecule has 0 radical (unpaired) electrons. The predicted molar refractivity (Wildman–Crippen MR) is 90.6 cm³/mol. The van der Waals surface area contributed by atoms with Crippen molar-refractivity contribution >= 4 is 51.5 Å². The Kier molecular flexibility index (Phi) is 3.72. The SMILES string of the molecule is Cc1c(N)nc(C2CC2)nc1Nc1ccc(Cl)cc1I. The number of nitrogens with two attached hydrogens (primary N) is 1. The van der Waals surface area contributed by atoms with E-state index in [1.54, 1.807) is 0 Å². The highest BCUT2D eigenvalue weighted by atomic mass is 127. The van der Waals surface area contributed by atoms with Gasteiger partial charge in [-0.1, -0.05) is 11.6 Å². The van der Waals surface area contributed by atoms with E-state index in [4.69, 9.17) is 17.3 Å². The minimum atomic E-state index is 0.475. The summed E-state index contributed by atoms with van der Waals surface area (Å²) >= 11 is 8.22. The molecule has 1 aliphatic rings. The Hall–Kier alpha value is -1.08. The zero-order chi connectivity index (χ0) is 14.3. The minimum absolute atomic E-state index is 0.475. The van der Waals surface area contributed by atoms with Gasteiger partial charge in [0.25, 0.3) is 0 Å². The van der Waals surface area contributed by atoms with Crippen molar-refractivity contribution in [3.63, 3.8) is 0 Å². The van der Waals surface area contributed by atoms with Crippen LogP contribution in [0.1, 0.15) is 30.1 Å². The molecule has 1 aromatic heterocycles. The van der Waals surface area contributed by atoms with E-state index in [1.165, 1.54) is 0 Å². The molecule has 4 nitrogen and oxygen atoms in total. The van der Waals surface area contributed by atoms with E-state index in [2.05, 4.69) is 37.9 Å². The lowest BCUT2D eigenvalue weighted by Gasteiger charge is -2.13. The van der Waals surface area contributed by atoms with Gasteiger partial charge in [0.1, 0.15) is 17.5 Å². The average Bonchev–Trinajstić information content (AvgIpc) is 3.22. The Bertz CT molecular complexity index is 670. The second kappa shape index (κ2) is 5.37. The largest absolute Gasteiger partial charge is 0.383 e. The topological polar surface area (TPSA) is 63.8 Å². The maximum atomic E-state index is 5.99. The van der Waals surface area contributed by atoms with Gasteiger partial charge in [-0.05, 0) is 60.6 Å². The van der Waals surface area contributed by atoms with Crippen LogP contribution in [0.15, 0.2) is 18.2 Å². The molecule has 3 rings (SSSR count). The zero-order valence-electron chi connectivity index (χ0n) is 11.0. The minimum Gasteiger partial charge on any atom is -0.383 e. The number of rotatable bonds is 3. The van der Waals surface area contributed by atoms with Crippen molar-refractivity contribution in [2.24, 2.45) is 0 Å². The van der Waals surface area contributed by atoms with E-state index in [-0.39, 0.29) is 0 Å². The van der Waals surface area contributed by atoms with E-state index in [0.717, 1.165) is 44.3 Å². The summed E-state index contributed by atoms with van der Waals surface area (Å²) in [5.74, 6) is 2.65. The van der Waals surface area contributed by atoms with Crippen molar-refractivity contribution in [2.75, 3.05) is 11.1 Å². The first-order valence-corrected chi connectivity index (χ1v) is 7.86. The number of aromatic nitrogens is 2. The fourth-order valence-electron chi connectivity index (χ4n) is 1.92. The van der Waals surface area contributed by atoms with Crippen LogP contribution in [-0.2, 0) is 0 Å². The van der Waals surface area contributed by atoms with E-state index < -0.39 is 0 Å². The average molecular weight is 401 g/mol. The van der Waals surface area contributed by atoms with Crippen LogP contribution in [0.2, 0.25) is 5.02 Å². The lowest BCUT2D eigenvalue weighted by Crippen LogP contribution is -2.07. The third-order valence-electron chi connectivity index (χ3n) is 3.33. The number of nitrogen functional groups attached to an aromatic ring is 1. The summed E-state index contributed by atoms with van der Waals surface area (Å²) in [6.45, 7) is 1.93. The van der Waals surface area contributed by atoms with Crippen molar-refractivity contribution in [2.45, 2.75) is 25.7 Å². The lowest BCUT2D eigenvalue weighted by atomic mass is 10.2. The molecule has 104 valence electrons. The molecule has 3 N–H and O–H groups in total. The summed E-state index contributed by atoms with van der Waals surface area (Å²) in [6, 6.07) is 5.71. The standard InChI is InChI=1S/C14H14ClIN4/c1-7-12(17)19-14(8-2-3-8)20-13(7)18-11-5-4-9(15)6-10(11)16/h4-6,8H,2-3H2,1H3,(H3,17,18,19,20). The van der Waals surface area contributed by atoms with Gasteiger partial charge in [-0.3, -0.25) is 0 Å². The van der Waals surface area contributed by atoms with Crippen molar-refractivity contribution in [3.8, 4) is 0 Å². The van der Waals surface area contributed by atoms with E-state index >= 15 is 0 Å². The Morgan fingerprint density at radius 3 is 2.75 bits per heavy atom. The Morgan fingerprint density at radius 1 is 1.35 bits per heavy atom. The Morgan fingerprint density at radius 2 is 2.10 bits per heavy atom. The molecule has 1 heterocycles. The van der Waals surface area contributed by atoms with Crippen LogP contribution in [-0.4, -0.2) is 9.97 Å². The van der Waals surface area contributed by atoms with Gasteiger partial charge < -0.3 is 11.1 Å². The number of anilines is 3. The molecule has 1 aliphatic carbocycles. The van der Waals surface area contributed by atoms with Gasteiger partial charge in [-0.2, -0.15) is 0 Å². The first-order valence-electron chi connectivity index (χ1n) is 6.40. The number of halogens is 2. The Balaban J connectivity index is 1.97. The van der Waals surface area contributed by atoms with Gasteiger partial charge in [-0.25, -0.2) is 9.97 Å². The van der Waals surface area contributed by atoms with Gasteiger partial charge in [-0.15, -0.1) is 0 Å². The smallest absolute Gasteiger partial charge is 0.139 e. The molecule has 0 unspecified atom stereocenters. The quantitative estimate of drug-likeness (QED) is 0.756. The van der Waals surface area contributed by atoms with E-state index in [0.29, 0.717) is 11.7 Å². The molecule has 1 aromatic carbocycles. The molecule has 6 heteroatoms. The Labute approximate surface area is 136 Å². The predicted octanol–water partition coefficient (Wildman–Crippen LogP) is 4.25. The van der Waals surface area contributed by atoms with Crippen LogP contribution < -0.4 is 11.1 Å². The van der Waals surface area contributed by atoms with Gasteiger partial charge in [0, 0.05) is 20.1 Å². The number of nitrogens with one attached hydrogen (secondary N) is 1. The summed E-state index contributed by atoms with van der Waals surface area (Å²) in [5, 5.41) is 4.05. The summed E-state index contributed by atoms with van der Waals surface area (Å²) < 4.78 is 1.04. The summed E-state index contributed by atoms with van der Waals surface area (Å²) in [4.78, 5) is 8.99. The first kappa shape index (κ1) is 13.9. The van der Waals surface area contributed by atoms with Gasteiger partial charge in [0.15, 0.2) is 0 Å². The molecule has 0 saturated heterocycles. The van der Waals surface area contributed by atoms with Crippen LogP contribution in [0.3, 0.4) is 0 Å². The molecule has 2 aromatic rings. The highest BCUT2D eigenvalue weighted by molar-refractivity contribution is 14.1. The van der Waals surface area contributed by atoms with Crippen LogP contribution in [0.4, 0.5) is 17.3 Å². The fraction of sp³-hybridized carbons (Fsp3) is 0.286. The van der Waals surface area contributed by atoms with Crippen LogP contribution in [0.25, 0.3) is 0 Å². The molecule has 1 fully saturated rings. The molecule has 20 heavy (non-hydrogen) atoms. The molecule has 0 amide bonds. The molecule has 0 spiro atoms. The van der Waals surface area contributed by atoms with E-state index in [1.807, 2.05) is 25.1 Å². The van der Waals surface area contributed by atoms with Crippen molar-refractivity contribution < 1.29 is 0 Å². The molecule has 0 bridgehead atoms. The molecular formula is C14H14ClIN4. The van der Waals surface area contributed by atoms with Gasteiger partial charge in [0.2, 0.25) is 0 Å². The van der Waals surface area contributed by atoms with Crippen LogP contribution >= 0.6 is 34.2 Å². The lowest BCUT2D eigenvalue weighted by molar-refractivity contribution is 0.927.